The molecule has 29 heavy (non-hydrogen) atoms. The molecule has 0 aliphatic carbocycles. The number of benzene rings is 2. The maximum absolute atomic E-state index is 12.9. The highest BCUT2D eigenvalue weighted by Gasteiger charge is 2.34. The summed E-state index contributed by atoms with van der Waals surface area (Å²) in [6.45, 7) is 3.89. The van der Waals surface area contributed by atoms with Crippen molar-refractivity contribution in [1.82, 2.24) is 4.90 Å². The molecule has 0 bridgehead atoms. The highest BCUT2D eigenvalue weighted by atomic mass is 16.5. The summed E-state index contributed by atoms with van der Waals surface area (Å²) in [6, 6.07) is 11.4. The van der Waals surface area contributed by atoms with Gasteiger partial charge >= 0.3 is 6.03 Å². The van der Waals surface area contributed by atoms with E-state index >= 15 is 0 Å². The van der Waals surface area contributed by atoms with Crippen LogP contribution in [0.2, 0.25) is 0 Å². The number of anilines is 2. The summed E-state index contributed by atoms with van der Waals surface area (Å²) in [6.07, 6.45) is 1.32. The van der Waals surface area contributed by atoms with Crippen LogP contribution in [0.15, 0.2) is 42.5 Å². The Kier molecular flexibility index (Phi) is 6.16. The summed E-state index contributed by atoms with van der Waals surface area (Å²) < 4.78 is 5.31. The average Bonchev–Trinajstić information content (AvgIpc) is 3.18. The predicted octanol–water partition coefficient (Wildman–Crippen LogP) is 3.84. The Morgan fingerprint density at radius 1 is 1.10 bits per heavy atom. The fourth-order valence-corrected chi connectivity index (χ4v) is 3.43. The van der Waals surface area contributed by atoms with Crippen LogP contribution in [0.25, 0.3) is 0 Å². The number of hydrogen-bond acceptors (Lipinski definition) is 4. The zero-order valence-corrected chi connectivity index (χ0v) is 16.8. The molecule has 0 aromatic heterocycles. The molecule has 7 nitrogen and oxygen atoms in total. The van der Waals surface area contributed by atoms with Crippen LogP contribution in [0.4, 0.5) is 16.2 Å². The SMILES string of the molecule is COc1ccc(C)cc1NC(=O)C1CCCN1C(=O)Nc1cccc(C(C)=O)c1. The van der Waals surface area contributed by atoms with E-state index in [0.717, 1.165) is 12.0 Å². The molecular formula is C22H25N3O4. The molecule has 0 spiro atoms. The molecule has 1 heterocycles. The normalized spacial score (nSPS) is 15.7. The second-order valence-electron chi connectivity index (χ2n) is 7.11. The van der Waals surface area contributed by atoms with Gasteiger partial charge in [-0.3, -0.25) is 9.59 Å². The number of carbonyl (C=O) groups is 3. The highest BCUT2D eigenvalue weighted by molar-refractivity contribution is 6.01. The molecule has 3 rings (SSSR count). The second kappa shape index (κ2) is 8.77. The first-order chi connectivity index (χ1) is 13.9. The standard InChI is InChI=1S/C22H25N3O4/c1-14-9-10-20(29-3)18(12-14)24-21(27)19-8-5-11-25(19)22(28)23-17-7-4-6-16(13-17)15(2)26/h4,6-7,9-10,12-13,19H,5,8,11H2,1-3H3,(H,23,28)(H,24,27). The Labute approximate surface area is 170 Å². The maximum Gasteiger partial charge on any atom is 0.322 e. The van der Waals surface area contributed by atoms with Crippen LogP contribution >= 0.6 is 0 Å². The number of rotatable bonds is 5. The fourth-order valence-electron chi connectivity index (χ4n) is 3.43. The number of methoxy groups -OCH3 is 1. The number of carbonyl (C=O) groups excluding carboxylic acids is 3. The quantitative estimate of drug-likeness (QED) is 0.753. The third kappa shape index (κ3) is 4.74. The van der Waals surface area contributed by atoms with Crippen molar-refractivity contribution in [3.63, 3.8) is 0 Å². The van der Waals surface area contributed by atoms with Crippen molar-refractivity contribution in [3.8, 4) is 5.75 Å². The van der Waals surface area contributed by atoms with E-state index in [1.807, 2.05) is 19.1 Å². The fraction of sp³-hybridized carbons (Fsp3) is 0.318. The molecule has 1 atom stereocenters. The van der Waals surface area contributed by atoms with Gasteiger partial charge in [-0.2, -0.15) is 0 Å². The minimum atomic E-state index is -0.573. The molecule has 2 aromatic carbocycles. The van der Waals surface area contributed by atoms with E-state index in [1.165, 1.54) is 11.8 Å². The summed E-state index contributed by atoms with van der Waals surface area (Å²) >= 11 is 0. The molecule has 2 N–H and O–H groups in total. The Morgan fingerprint density at radius 3 is 2.62 bits per heavy atom. The largest absolute Gasteiger partial charge is 0.495 e. The van der Waals surface area contributed by atoms with Crippen LogP contribution in [0.5, 0.6) is 5.75 Å². The number of nitrogens with zero attached hydrogens (tertiary/aromatic N) is 1. The summed E-state index contributed by atoms with van der Waals surface area (Å²) in [4.78, 5) is 38.7. The van der Waals surface area contributed by atoms with Gasteiger partial charge < -0.3 is 20.3 Å². The summed E-state index contributed by atoms with van der Waals surface area (Å²) in [5.41, 5.74) is 2.62. The van der Waals surface area contributed by atoms with Crippen LogP contribution in [0.3, 0.4) is 0 Å². The molecule has 2 aromatic rings. The van der Waals surface area contributed by atoms with Gasteiger partial charge in [0.05, 0.1) is 12.8 Å². The Hall–Kier alpha value is -3.35. The molecule has 3 amide bonds. The second-order valence-corrected chi connectivity index (χ2v) is 7.11. The first-order valence-corrected chi connectivity index (χ1v) is 9.53. The number of amides is 3. The van der Waals surface area contributed by atoms with Crippen molar-refractivity contribution in [2.75, 3.05) is 24.3 Å². The summed E-state index contributed by atoms with van der Waals surface area (Å²) in [5, 5.41) is 5.68. The van der Waals surface area contributed by atoms with Gasteiger partial charge in [-0.25, -0.2) is 4.79 Å². The number of likely N-dealkylation sites (tertiary alicyclic amines) is 1. The van der Waals surface area contributed by atoms with Crippen LogP contribution in [-0.2, 0) is 4.79 Å². The summed E-state index contributed by atoms with van der Waals surface area (Å²) in [5.74, 6) is 0.240. The van der Waals surface area contributed by atoms with Gasteiger partial charge in [0.2, 0.25) is 5.91 Å². The minimum Gasteiger partial charge on any atom is -0.495 e. The molecule has 1 fully saturated rings. The Balaban J connectivity index is 1.71. The molecule has 1 aliphatic heterocycles. The Morgan fingerprint density at radius 2 is 1.90 bits per heavy atom. The van der Waals surface area contributed by atoms with Crippen LogP contribution < -0.4 is 15.4 Å². The average molecular weight is 395 g/mol. The van der Waals surface area contributed by atoms with E-state index in [4.69, 9.17) is 4.74 Å². The molecule has 1 unspecified atom stereocenters. The third-order valence-corrected chi connectivity index (χ3v) is 4.95. The lowest BCUT2D eigenvalue weighted by molar-refractivity contribution is -0.119. The van der Waals surface area contributed by atoms with Gasteiger partial charge in [-0.05, 0) is 56.5 Å². The monoisotopic (exact) mass is 395 g/mol. The highest BCUT2D eigenvalue weighted by Crippen LogP contribution is 2.27. The van der Waals surface area contributed by atoms with Crippen molar-refractivity contribution in [1.29, 1.82) is 0 Å². The minimum absolute atomic E-state index is 0.0772. The first-order valence-electron chi connectivity index (χ1n) is 9.53. The number of urea groups is 1. The van der Waals surface area contributed by atoms with Gasteiger partial charge in [-0.1, -0.05) is 18.2 Å². The molecule has 152 valence electrons. The molecular weight excluding hydrogens is 370 g/mol. The van der Waals surface area contributed by atoms with E-state index in [9.17, 15) is 14.4 Å². The summed E-state index contributed by atoms with van der Waals surface area (Å²) in [7, 11) is 1.55. The number of Topliss-reactive ketones (excluding diaryl/α,β-unsaturated/α-hetero) is 1. The molecule has 7 heteroatoms. The van der Waals surface area contributed by atoms with Crippen molar-refractivity contribution >= 4 is 29.1 Å². The maximum atomic E-state index is 12.9. The number of ketones is 1. The molecule has 0 radical (unpaired) electrons. The van der Waals surface area contributed by atoms with Gasteiger partial charge in [0.25, 0.3) is 0 Å². The lowest BCUT2D eigenvalue weighted by atomic mass is 10.1. The Bertz CT molecular complexity index is 941. The molecule has 1 saturated heterocycles. The third-order valence-electron chi connectivity index (χ3n) is 4.95. The van der Waals surface area contributed by atoms with E-state index in [-0.39, 0.29) is 17.7 Å². The van der Waals surface area contributed by atoms with Crippen molar-refractivity contribution < 1.29 is 19.1 Å². The smallest absolute Gasteiger partial charge is 0.322 e. The zero-order valence-electron chi connectivity index (χ0n) is 16.8. The zero-order chi connectivity index (χ0) is 21.0. The van der Waals surface area contributed by atoms with Gasteiger partial charge in [0.15, 0.2) is 5.78 Å². The van der Waals surface area contributed by atoms with Gasteiger partial charge in [0, 0.05) is 17.8 Å². The lowest BCUT2D eigenvalue weighted by Crippen LogP contribution is -2.45. The predicted molar refractivity (Wildman–Crippen MR) is 112 cm³/mol. The van der Waals surface area contributed by atoms with Crippen LogP contribution in [0, 0.1) is 6.92 Å². The van der Waals surface area contributed by atoms with Crippen LogP contribution in [0.1, 0.15) is 35.7 Å². The number of aryl methyl sites for hydroxylation is 1. The van der Waals surface area contributed by atoms with E-state index in [1.54, 1.807) is 37.4 Å². The number of hydrogen-bond donors (Lipinski definition) is 2. The topological polar surface area (TPSA) is 87.7 Å². The number of nitrogens with one attached hydrogen (secondary N) is 2. The van der Waals surface area contributed by atoms with Crippen molar-refractivity contribution in [2.24, 2.45) is 0 Å². The van der Waals surface area contributed by atoms with Gasteiger partial charge in [-0.15, -0.1) is 0 Å². The number of ether oxygens (including phenoxy) is 1. The molecule has 1 aliphatic rings. The van der Waals surface area contributed by atoms with Crippen LogP contribution in [-0.4, -0.2) is 42.3 Å². The van der Waals surface area contributed by atoms with E-state index in [2.05, 4.69) is 10.6 Å². The van der Waals surface area contributed by atoms with Crippen molar-refractivity contribution in [2.45, 2.75) is 32.7 Å². The lowest BCUT2D eigenvalue weighted by Gasteiger charge is -2.24. The first kappa shape index (κ1) is 20.4. The molecule has 0 saturated carbocycles. The van der Waals surface area contributed by atoms with E-state index in [0.29, 0.717) is 35.7 Å². The van der Waals surface area contributed by atoms with E-state index < -0.39 is 6.04 Å². The van der Waals surface area contributed by atoms with Gasteiger partial charge in [0.1, 0.15) is 11.8 Å². The van der Waals surface area contributed by atoms with Crippen molar-refractivity contribution in [3.05, 3.63) is 53.6 Å².